The normalized spacial score (nSPS) is 24.9. The summed E-state index contributed by atoms with van der Waals surface area (Å²) in [6.07, 6.45) is 1.88. The zero-order valence-electron chi connectivity index (χ0n) is 10.6. The first-order chi connectivity index (χ1) is 7.55. The van der Waals surface area contributed by atoms with Crippen LogP contribution < -0.4 is 10.0 Å². The van der Waals surface area contributed by atoms with Crippen LogP contribution in [0.4, 0.5) is 4.79 Å². The molecule has 0 aliphatic heterocycles. The molecular weight excluding hydrogens is 244 g/mol. The Morgan fingerprint density at radius 2 is 1.76 bits per heavy atom. The second-order valence-corrected chi connectivity index (χ2v) is 7.18. The van der Waals surface area contributed by atoms with Crippen molar-refractivity contribution in [1.29, 1.82) is 0 Å². The maximum Gasteiger partial charge on any atom is 0.407 e. The molecule has 0 radical (unpaired) electrons. The molecule has 6 nitrogen and oxygen atoms in total. The van der Waals surface area contributed by atoms with Crippen LogP contribution in [-0.2, 0) is 14.8 Å². The average molecular weight is 264 g/mol. The van der Waals surface area contributed by atoms with Gasteiger partial charge in [-0.15, -0.1) is 0 Å². The number of nitrogens with one attached hydrogen (secondary N) is 2. The molecule has 7 heteroatoms. The van der Waals surface area contributed by atoms with Crippen molar-refractivity contribution in [2.24, 2.45) is 0 Å². The first-order valence-electron chi connectivity index (χ1n) is 5.52. The molecular formula is C10H20N2O4S. The third kappa shape index (κ3) is 5.88. The molecule has 1 fully saturated rings. The summed E-state index contributed by atoms with van der Waals surface area (Å²) in [7, 11) is -3.16. The summed E-state index contributed by atoms with van der Waals surface area (Å²) in [4.78, 5) is 11.4. The predicted octanol–water partition coefficient (Wildman–Crippen LogP) is 0.591. The van der Waals surface area contributed by atoms with Crippen molar-refractivity contribution < 1.29 is 17.9 Å². The highest BCUT2D eigenvalue weighted by atomic mass is 32.2. The molecule has 0 heterocycles. The smallest absolute Gasteiger partial charge is 0.407 e. The van der Waals surface area contributed by atoms with Crippen LogP contribution in [0, 0.1) is 0 Å². The van der Waals surface area contributed by atoms with Crippen molar-refractivity contribution in [3.8, 4) is 0 Å². The Morgan fingerprint density at radius 1 is 1.24 bits per heavy atom. The summed E-state index contributed by atoms with van der Waals surface area (Å²) in [5, 5.41) is 2.69. The highest BCUT2D eigenvalue weighted by Crippen LogP contribution is 2.21. The molecule has 0 spiro atoms. The van der Waals surface area contributed by atoms with E-state index >= 15 is 0 Å². The van der Waals surface area contributed by atoms with E-state index in [1.807, 2.05) is 0 Å². The standard InChI is InChI=1S/C10H20N2O4S/c1-10(2,3)16-9(13)11-7-5-8(6-7)12-17(4,14)15/h7-8,12H,5-6H2,1-4H3,(H,11,13). The number of amides is 1. The molecule has 100 valence electrons. The van der Waals surface area contributed by atoms with Crippen molar-refractivity contribution in [1.82, 2.24) is 10.0 Å². The maximum atomic E-state index is 11.4. The number of alkyl carbamates (subject to hydrolysis) is 1. The Labute approximate surface area is 102 Å². The lowest BCUT2D eigenvalue weighted by atomic mass is 9.88. The zero-order valence-corrected chi connectivity index (χ0v) is 11.4. The molecule has 0 atom stereocenters. The van der Waals surface area contributed by atoms with Gasteiger partial charge in [-0.1, -0.05) is 0 Å². The molecule has 1 aliphatic carbocycles. The van der Waals surface area contributed by atoms with Gasteiger partial charge in [0.15, 0.2) is 0 Å². The topological polar surface area (TPSA) is 84.5 Å². The van der Waals surface area contributed by atoms with E-state index in [0.717, 1.165) is 6.26 Å². The monoisotopic (exact) mass is 264 g/mol. The van der Waals surface area contributed by atoms with Gasteiger partial charge < -0.3 is 10.1 Å². The quantitative estimate of drug-likeness (QED) is 0.781. The number of ether oxygens (including phenoxy) is 1. The van der Waals surface area contributed by atoms with Gasteiger partial charge in [-0.2, -0.15) is 0 Å². The zero-order chi connectivity index (χ0) is 13.3. The number of rotatable bonds is 3. The number of hydrogen-bond acceptors (Lipinski definition) is 4. The van der Waals surface area contributed by atoms with E-state index in [2.05, 4.69) is 10.0 Å². The van der Waals surface area contributed by atoms with Crippen molar-refractivity contribution >= 4 is 16.1 Å². The van der Waals surface area contributed by atoms with Crippen LogP contribution in [0.1, 0.15) is 33.6 Å². The molecule has 1 rings (SSSR count). The number of carbonyl (C=O) groups is 1. The average Bonchev–Trinajstić information content (AvgIpc) is 1.93. The van der Waals surface area contributed by atoms with Crippen molar-refractivity contribution in [2.45, 2.75) is 51.3 Å². The summed E-state index contributed by atoms with van der Waals surface area (Å²) in [5.74, 6) is 0. The van der Waals surface area contributed by atoms with Gasteiger partial charge in [0, 0.05) is 12.1 Å². The maximum absolute atomic E-state index is 11.4. The fraction of sp³-hybridized carbons (Fsp3) is 0.900. The first-order valence-corrected chi connectivity index (χ1v) is 7.41. The van der Waals surface area contributed by atoms with Crippen molar-refractivity contribution in [3.05, 3.63) is 0 Å². The van der Waals surface area contributed by atoms with E-state index in [1.165, 1.54) is 0 Å². The Morgan fingerprint density at radius 3 is 2.18 bits per heavy atom. The highest BCUT2D eigenvalue weighted by Gasteiger charge is 2.33. The Kier molecular flexibility index (Phi) is 4.03. The van der Waals surface area contributed by atoms with E-state index in [9.17, 15) is 13.2 Å². The first kappa shape index (κ1) is 14.2. The van der Waals surface area contributed by atoms with Gasteiger partial charge in [-0.05, 0) is 33.6 Å². The van der Waals surface area contributed by atoms with Crippen LogP contribution in [0.25, 0.3) is 0 Å². The second kappa shape index (κ2) is 4.81. The van der Waals surface area contributed by atoms with Gasteiger partial charge >= 0.3 is 6.09 Å². The third-order valence-corrected chi connectivity index (χ3v) is 3.00. The van der Waals surface area contributed by atoms with Crippen LogP contribution >= 0.6 is 0 Å². The van der Waals surface area contributed by atoms with Crippen LogP contribution in [0.3, 0.4) is 0 Å². The summed E-state index contributed by atoms with van der Waals surface area (Å²) < 4.78 is 29.4. The molecule has 17 heavy (non-hydrogen) atoms. The second-order valence-electron chi connectivity index (χ2n) is 5.40. The Hall–Kier alpha value is -0.820. The van der Waals surface area contributed by atoms with Gasteiger partial charge in [-0.3, -0.25) is 0 Å². The Balaban J connectivity index is 2.24. The lowest BCUT2D eigenvalue weighted by molar-refractivity contribution is 0.0470. The molecule has 0 aromatic rings. The van der Waals surface area contributed by atoms with Gasteiger partial charge in [0.1, 0.15) is 5.60 Å². The molecule has 1 saturated carbocycles. The van der Waals surface area contributed by atoms with Gasteiger partial charge in [0.25, 0.3) is 0 Å². The molecule has 0 aromatic heterocycles. The van der Waals surface area contributed by atoms with E-state index in [0.29, 0.717) is 12.8 Å². The molecule has 2 N–H and O–H groups in total. The third-order valence-electron chi connectivity index (χ3n) is 2.24. The van der Waals surface area contributed by atoms with E-state index < -0.39 is 21.7 Å². The van der Waals surface area contributed by atoms with E-state index in [-0.39, 0.29) is 12.1 Å². The number of hydrogen-bond donors (Lipinski definition) is 2. The Bertz CT molecular complexity index is 380. The lowest BCUT2D eigenvalue weighted by Crippen LogP contribution is -2.54. The molecule has 1 amide bonds. The van der Waals surface area contributed by atoms with Crippen LogP contribution in [0.2, 0.25) is 0 Å². The fourth-order valence-corrected chi connectivity index (χ4v) is 2.41. The highest BCUT2D eigenvalue weighted by molar-refractivity contribution is 7.88. The largest absolute Gasteiger partial charge is 0.444 e. The van der Waals surface area contributed by atoms with Gasteiger partial charge in [0.2, 0.25) is 10.0 Å². The van der Waals surface area contributed by atoms with Crippen LogP contribution in [0.15, 0.2) is 0 Å². The summed E-state index contributed by atoms with van der Waals surface area (Å²) >= 11 is 0. The molecule has 1 aliphatic rings. The summed E-state index contributed by atoms with van der Waals surface area (Å²) in [6, 6.07) is -0.0889. The lowest BCUT2D eigenvalue weighted by Gasteiger charge is -2.35. The number of carbonyl (C=O) groups excluding carboxylic acids is 1. The molecule has 0 unspecified atom stereocenters. The van der Waals surface area contributed by atoms with Gasteiger partial charge in [0.05, 0.1) is 6.26 Å². The molecule has 0 saturated heterocycles. The van der Waals surface area contributed by atoms with Crippen molar-refractivity contribution in [2.75, 3.05) is 6.26 Å². The van der Waals surface area contributed by atoms with Crippen LogP contribution in [-0.4, -0.2) is 38.5 Å². The minimum Gasteiger partial charge on any atom is -0.444 e. The van der Waals surface area contributed by atoms with Crippen LogP contribution in [0.5, 0.6) is 0 Å². The molecule has 0 aromatic carbocycles. The minimum absolute atomic E-state index is 0.0101. The fourth-order valence-electron chi connectivity index (χ4n) is 1.61. The summed E-state index contributed by atoms with van der Waals surface area (Å²) in [6.45, 7) is 5.38. The summed E-state index contributed by atoms with van der Waals surface area (Å²) in [5.41, 5.74) is -0.516. The minimum atomic E-state index is -3.16. The van der Waals surface area contributed by atoms with Crippen molar-refractivity contribution in [3.63, 3.8) is 0 Å². The van der Waals surface area contributed by atoms with Gasteiger partial charge in [-0.25, -0.2) is 17.9 Å². The molecule has 0 bridgehead atoms. The predicted molar refractivity (Wildman–Crippen MR) is 64.2 cm³/mol. The SMILES string of the molecule is CC(C)(C)OC(=O)NC1CC(NS(C)(=O)=O)C1. The van der Waals surface area contributed by atoms with E-state index in [4.69, 9.17) is 4.74 Å². The van der Waals surface area contributed by atoms with E-state index in [1.54, 1.807) is 20.8 Å². The number of sulfonamides is 1.